The number of methoxy groups -OCH3 is 2. The lowest BCUT2D eigenvalue weighted by atomic mass is 10.2. The van der Waals surface area contributed by atoms with Crippen LogP contribution in [-0.2, 0) is 19.9 Å². The maximum absolute atomic E-state index is 12.4. The van der Waals surface area contributed by atoms with Crippen LogP contribution in [-0.4, -0.2) is 72.9 Å². The van der Waals surface area contributed by atoms with Crippen LogP contribution >= 0.6 is 0 Å². The summed E-state index contributed by atoms with van der Waals surface area (Å²) in [6.45, 7) is 0.189. The summed E-state index contributed by atoms with van der Waals surface area (Å²) in [4.78, 5) is -0.0576. The van der Waals surface area contributed by atoms with E-state index in [1.54, 1.807) is 6.07 Å². The van der Waals surface area contributed by atoms with Gasteiger partial charge in [0.1, 0.15) is 16.4 Å². The topological polar surface area (TPSA) is 131 Å². The number of hydrogen-bond donors (Lipinski definition) is 3. The third-order valence-corrected chi connectivity index (χ3v) is 7.01. The van der Waals surface area contributed by atoms with E-state index in [4.69, 9.17) is 9.47 Å². The summed E-state index contributed by atoms with van der Waals surface area (Å²) in [6.07, 6.45) is -0.986. The van der Waals surface area contributed by atoms with E-state index in [0.717, 1.165) is 0 Å². The van der Waals surface area contributed by atoms with Crippen LogP contribution in [0.1, 0.15) is 0 Å². The number of sulfone groups is 1. The molecular weight excluding hydrogens is 372 g/mol. The van der Waals surface area contributed by atoms with E-state index in [1.807, 2.05) is 0 Å². The van der Waals surface area contributed by atoms with Crippen molar-refractivity contribution in [2.75, 3.05) is 38.8 Å². The highest BCUT2D eigenvalue weighted by atomic mass is 32.2. The molecule has 0 radical (unpaired) electrons. The third kappa shape index (κ3) is 5.05. The number of aliphatic hydroxyl groups excluding tert-OH is 1. The lowest BCUT2D eigenvalue weighted by molar-refractivity contribution is 0.166. The number of ether oxygens (including phenoxy) is 2. The zero-order valence-corrected chi connectivity index (χ0v) is 15.6. The number of benzene rings is 1. The SMILES string of the molecule is COc1ccc(OC)c(S(=O)(=O)NCCN[C@@H]2CS(=O)(=O)C[C@H]2O)c1. The molecule has 142 valence electrons. The van der Waals surface area contributed by atoms with Gasteiger partial charge >= 0.3 is 0 Å². The number of aliphatic hydroxyl groups is 1. The van der Waals surface area contributed by atoms with Gasteiger partial charge < -0.3 is 19.9 Å². The number of hydrogen-bond acceptors (Lipinski definition) is 8. The minimum atomic E-state index is -3.84. The van der Waals surface area contributed by atoms with E-state index in [2.05, 4.69) is 10.0 Å². The minimum absolute atomic E-state index is 0.0198. The van der Waals surface area contributed by atoms with E-state index in [9.17, 15) is 21.9 Å². The Hall–Kier alpha value is -1.40. The first-order chi connectivity index (χ1) is 11.7. The Morgan fingerprint density at radius 1 is 1.20 bits per heavy atom. The maximum atomic E-state index is 12.4. The Kier molecular flexibility index (Phi) is 6.27. The van der Waals surface area contributed by atoms with Crippen molar-refractivity contribution in [3.8, 4) is 11.5 Å². The Labute approximate surface area is 147 Å². The molecular formula is C14H22N2O7S2. The first kappa shape index (κ1) is 19.9. The molecule has 0 saturated carbocycles. The molecule has 0 aromatic heterocycles. The Bertz CT molecular complexity index is 808. The number of nitrogens with one attached hydrogen (secondary N) is 2. The van der Waals surface area contributed by atoms with Gasteiger partial charge in [-0.1, -0.05) is 0 Å². The van der Waals surface area contributed by atoms with E-state index in [1.165, 1.54) is 26.4 Å². The van der Waals surface area contributed by atoms with Crippen molar-refractivity contribution < 1.29 is 31.4 Å². The van der Waals surface area contributed by atoms with Crippen molar-refractivity contribution >= 4 is 19.9 Å². The summed E-state index contributed by atoms with van der Waals surface area (Å²) in [7, 11) is -4.30. The molecule has 0 unspecified atom stereocenters. The molecule has 11 heteroatoms. The molecule has 3 N–H and O–H groups in total. The molecule has 0 amide bonds. The zero-order valence-electron chi connectivity index (χ0n) is 13.9. The Balaban J connectivity index is 1.96. The standard InChI is InChI=1S/C14H22N2O7S2/c1-22-10-3-4-13(23-2)14(7-10)25(20,21)16-6-5-15-11-8-24(18,19)9-12(11)17/h3-4,7,11-12,15-17H,5-6,8-9H2,1-2H3/t11-,12-/m1/s1. The first-order valence-corrected chi connectivity index (χ1v) is 10.8. The first-order valence-electron chi connectivity index (χ1n) is 7.52. The van der Waals surface area contributed by atoms with Crippen LogP contribution in [0.25, 0.3) is 0 Å². The molecule has 0 aliphatic carbocycles. The average Bonchev–Trinajstić information content (AvgIpc) is 2.83. The van der Waals surface area contributed by atoms with E-state index in [-0.39, 0.29) is 35.2 Å². The van der Waals surface area contributed by atoms with Crippen molar-refractivity contribution in [3.63, 3.8) is 0 Å². The van der Waals surface area contributed by atoms with Gasteiger partial charge in [0.25, 0.3) is 0 Å². The molecule has 1 aliphatic heterocycles. The summed E-state index contributed by atoms with van der Waals surface area (Å²) in [5.74, 6) is 0.110. The van der Waals surface area contributed by atoms with Gasteiger partial charge in [0, 0.05) is 25.2 Å². The largest absolute Gasteiger partial charge is 0.497 e. The van der Waals surface area contributed by atoms with E-state index >= 15 is 0 Å². The molecule has 2 atom stereocenters. The fraction of sp³-hybridized carbons (Fsp3) is 0.571. The zero-order chi connectivity index (χ0) is 18.7. The minimum Gasteiger partial charge on any atom is -0.497 e. The summed E-state index contributed by atoms with van der Waals surface area (Å²) >= 11 is 0. The monoisotopic (exact) mass is 394 g/mol. The number of rotatable bonds is 8. The van der Waals surface area contributed by atoms with Gasteiger partial charge in [-0.25, -0.2) is 21.6 Å². The van der Waals surface area contributed by atoms with Crippen LogP contribution < -0.4 is 19.5 Å². The van der Waals surface area contributed by atoms with Crippen LogP contribution in [0, 0.1) is 0 Å². The smallest absolute Gasteiger partial charge is 0.244 e. The van der Waals surface area contributed by atoms with Crippen LogP contribution in [0.15, 0.2) is 23.1 Å². The summed E-state index contributed by atoms with van der Waals surface area (Å²) in [5.41, 5.74) is 0. The van der Waals surface area contributed by atoms with Crippen LogP contribution in [0.4, 0.5) is 0 Å². The van der Waals surface area contributed by atoms with E-state index < -0.39 is 32.0 Å². The number of sulfonamides is 1. The van der Waals surface area contributed by atoms with Crippen molar-refractivity contribution in [1.82, 2.24) is 10.0 Å². The summed E-state index contributed by atoms with van der Waals surface area (Å²) in [5, 5.41) is 12.5. The predicted molar refractivity (Wildman–Crippen MR) is 91.2 cm³/mol. The summed E-state index contributed by atoms with van der Waals surface area (Å²) in [6, 6.07) is 3.83. The molecule has 0 bridgehead atoms. The fourth-order valence-corrected chi connectivity index (χ4v) is 5.53. The molecule has 1 heterocycles. The van der Waals surface area contributed by atoms with Crippen molar-refractivity contribution in [2.24, 2.45) is 0 Å². The van der Waals surface area contributed by atoms with Crippen molar-refractivity contribution in [2.45, 2.75) is 17.0 Å². The highest BCUT2D eigenvalue weighted by molar-refractivity contribution is 7.91. The fourth-order valence-electron chi connectivity index (χ4n) is 2.54. The molecule has 0 spiro atoms. The molecule has 1 aliphatic rings. The van der Waals surface area contributed by atoms with E-state index in [0.29, 0.717) is 5.75 Å². The molecule has 1 aromatic rings. The van der Waals surface area contributed by atoms with Gasteiger partial charge in [-0.3, -0.25) is 0 Å². The Morgan fingerprint density at radius 2 is 1.92 bits per heavy atom. The average molecular weight is 394 g/mol. The molecule has 1 fully saturated rings. The predicted octanol–water partition coefficient (Wildman–Crippen LogP) is -1.27. The van der Waals surface area contributed by atoms with Crippen LogP contribution in [0.3, 0.4) is 0 Å². The van der Waals surface area contributed by atoms with Crippen LogP contribution in [0.5, 0.6) is 11.5 Å². The third-order valence-electron chi connectivity index (χ3n) is 3.81. The molecule has 25 heavy (non-hydrogen) atoms. The molecule has 1 saturated heterocycles. The highest BCUT2D eigenvalue weighted by Crippen LogP contribution is 2.27. The maximum Gasteiger partial charge on any atom is 0.244 e. The van der Waals surface area contributed by atoms with Crippen molar-refractivity contribution in [1.29, 1.82) is 0 Å². The molecule has 9 nitrogen and oxygen atoms in total. The second-order valence-electron chi connectivity index (χ2n) is 5.62. The molecule has 1 aromatic carbocycles. The lowest BCUT2D eigenvalue weighted by Gasteiger charge is -2.16. The van der Waals surface area contributed by atoms with Gasteiger partial charge in [0.05, 0.1) is 31.8 Å². The molecule has 2 rings (SSSR count). The van der Waals surface area contributed by atoms with Gasteiger partial charge in [-0.2, -0.15) is 0 Å². The van der Waals surface area contributed by atoms with Crippen LogP contribution in [0.2, 0.25) is 0 Å². The second-order valence-corrected chi connectivity index (χ2v) is 9.51. The Morgan fingerprint density at radius 3 is 2.48 bits per heavy atom. The van der Waals surface area contributed by atoms with Gasteiger partial charge in [-0.15, -0.1) is 0 Å². The quantitative estimate of drug-likeness (QED) is 0.465. The summed E-state index contributed by atoms with van der Waals surface area (Å²) < 4.78 is 60.2. The second kappa shape index (κ2) is 7.87. The van der Waals surface area contributed by atoms with Gasteiger partial charge in [0.2, 0.25) is 10.0 Å². The van der Waals surface area contributed by atoms with Gasteiger partial charge in [-0.05, 0) is 12.1 Å². The highest BCUT2D eigenvalue weighted by Gasteiger charge is 2.35. The lowest BCUT2D eigenvalue weighted by Crippen LogP contribution is -2.42. The van der Waals surface area contributed by atoms with Gasteiger partial charge in [0.15, 0.2) is 9.84 Å². The van der Waals surface area contributed by atoms with Crippen molar-refractivity contribution in [3.05, 3.63) is 18.2 Å². The normalized spacial score (nSPS) is 22.7.